The fourth-order valence-corrected chi connectivity index (χ4v) is 3.77. The van der Waals surface area contributed by atoms with Gasteiger partial charge in [0.25, 0.3) is 15.9 Å². The van der Waals surface area contributed by atoms with E-state index in [4.69, 9.17) is 12.2 Å². The van der Waals surface area contributed by atoms with Gasteiger partial charge in [-0.05, 0) is 61.1 Å². The van der Waals surface area contributed by atoms with Gasteiger partial charge in [0.2, 0.25) is 0 Å². The highest BCUT2D eigenvalue weighted by molar-refractivity contribution is 7.92. The zero-order valence-corrected chi connectivity index (χ0v) is 17.2. The molecule has 1 amide bonds. The first-order valence-corrected chi connectivity index (χ1v) is 10.3. The van der Waals surface area contributed by atoms with E-state index in [0.717, 1.165) is 12.1 Å². The summed E-state index contributed by atoms with van der Waals surface area (Å²) >= 11 is 5.02. The monoisotopic (exact) mass is 435 g/mol. The number of sulfonamides is 1. The molecule has 0 unspecified atom stereocenters. The highest BCUT2D eigenvalue weighted by Crippen LogP contribution is 2.20. The highest BCUT2D eigenvalue weighted by Gasteiger charge is 2.18. The molecule has 2 aromatic carbocycles. The van der Waals surface area contributed by atoms with Gasteiger partial charge >= 0.3 is 0 Å². The number of benzene rings is 2. The molecule has 0 fully saturated rings. The molecule has 1 aromatic heterocycles. The predicted molar refractivity (Wildman–Crippen MR) is 108 cm³/mol. The summed E-state index contributed by atoms with van der Waals surface area (Å²) in [4.78, 5) is 12.5. The fraction of sp³-hybridized carbons (Fsp3) is 0.167. The van der Waals surface area contributed by atoms with Gasteiger partial charge in [-0.2, -0.15) is 5.10 Å². The van der Waals surface area contributed by atoms with Crippen LogP contribution in [0.15, 0.2) is 47.4 Å². The van der Waals surface area contributed by atoms with E-state index in [2.05, 4.69) is 20.2 Å². The van der Waals surface area contributed by atoms with Gasteiger partial charge in [0.05, 0.1) is 11.4 Å². The summed E-state index contributed by atoms with van der Waals surface area (Å²) < 4.78 is 42.7. The molecule has 0 radical (unpaired) electrons. The number of carbonyl (C=O) groups is 1. The maximum Gasteiger partial charge on any atom is 0.261 e. The van der Waals surface area contributed by atoms with Gasteiger partial charge in [-0.15, -0.1) is 0 Å². The standard InChI is InChI=1S/C18H18FN5O3S2/c1-11-3-8-14(29(26,27)23-13-6-4-12(19)5-7-13)9-15(11)17(25)20-10-16-21-22-18(28)24(16)2/h3-9,23H,10H2,1-2H3,(H,20,25)(H,22,28). The predicted octanol–water partition coefficient (Wildman–Crippen LogP) is 2.66. The van der Waals surface area contributed by atoms with Crippen LogP contribution < -0.4 is 10.0 Å². The summed E-state index contributed by atoms with van der Waals surface area (Å²) in [6, 6.07) is 9.15. The Bertz CT molecular complexity index is 1220. The zero-order valence-electron chi connectivity index (χ0n) is 15.6. The Morgan fingerprint density at radius 1 is 1.24 bits per heavy atom. The number of aryl methyl sites for hydroxylation is 1. The van der Waals surface area contributed by atoms with Gasteiger partial charge in [-0.3, -0.25) is 14.6 Å². The van der Waals surface area contributed by atoms with E-state index < -0.39 is 21.7 Å². The minimum atomic E-state index is -3.96. The van der Waals surface area contributed by atoms with Crippen LogP contribution in [-0.2, 0) is 23.6 Å². The zero-order chi connectivity index (χ0) is 21.2. The quantitative estimate of drug-likeness (QED) is 0.516. The Morgan fingerprint density at radius 3 is 2.55 bits per heavy atom. The van der Waals surface area contributed by atoms with E-state index >= 15 is 0 Å². The molecule has 0 aliphatic rings. The molecule has 11 heteroatoms. The van der Waals surface area contributed by atoms with Crippen molar-refractivity contribution in [1.82, 2.24) is 20.1 Å². The third-order valence-corrected chi connectivity index (χ3v) is 5.98. The molecular formula is C18H18FN5O3S2. The molecule has 0 saturated heterocycles. The topological polar surface area (TPSA) is 109 Å². The Balaban J connectivity index is 1.81. The van der Waals surface area contributed by atoms with Crippen molar-refractivity contribution < 1.29 is 17.6 Å². The molecule has 0 saturated carbocycles. The second-order valence-electron chi connectivity index (χ2n) is 6.28. The Labute approximate surface area is 171 Å². The summed E-state index contributed by atoms with van der Waals surface area (Å²) in [7, 11) is -2.24. The lowest BCUT2D eigenvalue weighted by atomic mass is 10.1. The van der Waals surface area contributed by atoms with Crippen LogP contribution in [0.2, 0.25) is 0 Å². The first-order valence-electron chi connectivity index (χ1n) is 8.45. The summed E-state index contributed by atoms with van der Waals surface area (Å²) in [5, 5.41) is 9.33. The number of nitrogens with zero attached hydrogens (tertiary/aromatic N) is 2. The van der Waals surface area contributed by atoms with E-state index in [1.165, 1.54) is 24.3 Å². The molecule has 0 aliphatic carbocycles. The lowest BCUT2D eigenvalue weighted by Gasteiger charge is -2.12. The second-order valence-corrected chi connectivity index (χ2v) is 8.34. The van der Waals surface area contributed by atoms with Gasteiger partial charge in [-0.25, -0.2) is 12.8 Å². The summed E-state index contributed by atoms with van der Waals surface area (Å²) in [6.07, 6.45) is 0. The number of aromatic nitrogens is 3. The second kappa shape index (κ2) is 8.13. The number of carbonyl (C=O) groups excluding carboxylic acids is 1. The number of H-pyrrole nitrogens is 1. The first-order chi connectivity index (χ1) is 13.7. The number of anilines is 1. The lowest BCUT2D eigenvalue weighted by Crippen LogP contribution is -2.25. The normalized spacial score (nSPS) is 11.3. The van der Waals surface area contributed by atoms with Gasteiger partial charge in [0.15, 0.2) is 10.6 Å². The number of rotatable bonds is 6. The van der Waals surface area contributed by atoms with E-state index in [9.17, 15) is 17.6 Å². The summed E-state index contributed by atoms with van der Waals surface area (Å²) in [5.41, 5.74) is 1.03. The van der Waals surface area contributed by atoms with E-state index in [1.807, 2.05) is 0 Å². The lowest BCUT2D eigenvalue weighted by molar-refractivity contribution is 0.0948. The minimum absolute atomic E-state index is 0.0873. The SMILES string of the molecule is Cc1ccc(S(=O)(=O)Nc2ccc(F)cc2)cc1C(=O)NCc1n[nH]c(=S)n1C. The van der Waals surface area contributed by atoms with Gasteiger partial charge < -0.3 is 9.88 Å². The Morgan fingerprint density at radius 2 is 1.93 bits per heavy atom. The minimum Gasteiger partial charge on any atom is -0.345 e. The maximum atomic E-state index is 13.0. The molecule has 1 heterocycles. The molecule has 152 valence electrons. The van der Waals surface area contributed by atoms with Crippen LogP contribution >= 0.6 is 12.2 Å². The molecule has 0 bridgehead atoms. The number of hydrogen-bond donors (Lipinski definition) is 3. The average Bonchev–Trinajstić information content (AvgIpc) is 3.00. The van der Waals surface area contributed by atoms with Crippen molar-refractivity contribution in [1.29, 1.82) is 0 Å². The molecule has 3 N–H and O–H groups in total. The number of halogens is 1. The van der Waals surface area contributed by atoms with Gasteiger partial charge in [0.1, 0.15) is 5.82 Å². The van der Waals surface area contributed by atoms with Crippen LogP contribution in [-0.4, -0.2) is 29.1 Å². The first kappa shape index (κ1) is 20.7. The molecular weight excluding hydrogens is 417 g/mol. The van der Waals surface area contributed by atoms with Crippen molar-refractivity contribution >= 4 is 33.8 Å². The number of aromatic amines is 1. The smallest absolute Gasteiger partial charge is 0.261 e. The van der Waals surface area contributed by atoms with Gasteiger partial charge in [-0.1, -0.05) is 6.07 Å². The summed E-state index contributed by atoms with van der Waals surface area (Å²) in [6.45, 7) is 1.82. The van der Waals surface area contributed by atoms with Crippen LogP contribution in [0, 0.1) is 17.5 Å². The number of amides is 1. The van der Waals surface area contributed by atoms with Crippen molar-refractivity contribution in [2.45, 2.75) is 18.4 Å². The van der Waals surface area contributed by atoms with Crippen LogP contribution in [0.4, 0.5) is 10.1 Å². The van der Waals surface area contributed by atoms with E-state index in [-0.39, 0.29) is 22.7 Å². The molecule has 29 heavy (non-hydrogen) atoms. The molecule has 3 rings (SSSR count). The van der Waals surface area contributed by atoms with Crippen molar-refractivity contribution in [3.8, 4) is 0 Å². The Kier molecular flexibility index (Phi) is 5.80. The van der Waals surface area contributed by atoms with Crippen molar-refractivity contribution in [2.24, 2.45) is 7.05 Å². The van der Waals surface area contributed by atoms with Crippen LogP contribution in [0.25, 0.3) is 0 Å². The fourth-order valence-electron chi connectivity index (χ4n) is 2.54. The third-order valence-electron chi connectivity index (χ3n) is 4.24. The Hall–Kier alpha value is -3.05. The van der Waals surface area contributed by atoms with Crippen LogP contribution in [0.1, 0.15) is 21.7 Å². The van der Waals surface area contributed by atoms with Crippen LogP contribution in [0.3, 0.4) is 0 Å². The van der Waals surface area contributed by atoms with E-state index in [0.29, 0.717) is 16.2 Å². The third kappa shape index (κ3) is 4.69. The molecule has 0 aliphatic heterocycles. The van der Waals surface area contributed by atoms with Crippen molar-refractivity contribution in [3.05, 3.63) is 70.0 Å². The van der Waals surface area contributed by atoms with Crippen molar-refractivity contribution in [2.75, 3.05) is 4.72 Å². The average molecular weight is 436 g/mol. The molecule has 0 spiro atoms. The highest BCUT2D eigenvalue weighted by atomic mass is 32.2. The number of hydrogen-bond acceptors (Lipinski definition) is 5. The van der Waals surface area contributed by atoms with Crippen molar-refractivity contribution in [3.63, 3.8) is 0 Å². The van der Waals surface area contributed by atoms with Gasteiger partial charge in [0, 0.05) is 18.3 Å². The van der Waals surface area contributed by atoms with Crippen LogP contribution in [0.5, 0.6) is 0 Å². The number of nitrogens with one attached hydrogen (secondary N) is 3. The largest absolute Gasteiger partial charge is 0.345 e. The molecule has 8 nitrogen and oxygen atoms in total. The van der Waals surface area contributed by atoms with E-state index in [1.54, 1.807) is 24.6 Å². The molecule has 0 atom stereocenters. The maximum absolute atomic E-state index is 13.0. The summed E-state index contributed by atoms with van der Waals surface area (Å²) in [5.74, 6) is -0.395. The molecule has 3 aromatic rings.